The average Bonchev–Trinajstić information content (AvgIpc) is 3.05. The standard InChI is InChI=1S/C12H18N4OS/c1-8(11-3-4-14-18-11)15-12-13-6-9-5-10(17-2)7-16(9)12/h3-4,8-10H,5-7H2,1-2H3,(H,13,15)/t8?,9-,10-/m0/s1. The molecular weight excluding hydrogens is 248 g/mol. The molecule has 0 amide bonds. The Balaban J connectivity index is 1.64. The number of aromatic nitrogens is 1. The van der Waals surface area contributed by atoms with E-state index in [4.69, 9.17) is 4.74 Å². The van der Waals surface area contributed by atoms with E-state index in [0.717, 1.165) is 25.5 Å². The number of nitrogens with one attached hydrogen (secondary N) is 1. The molecule has 1 N–H and O–H groups in total. The second-order valence-corrected chi connectivity index (χ2v) is 5.71. The highest BCUT2D eigenvalue weighted by Gasteiger charge is 2.38. The van der Waals surface area contributed by atoms with Gasteiger partial charge in [-0.25, -0.2) is 4.37 Å². The molecule has 3 rings (SSSR count). The first-order chi connectivity index (χ1) is 8.78. The minimum atomic E-state index is 0.261. The van der Waals surface area contributed by atoms with Crippen LogP contribution in [0.5, 0.6) is 0 Å². The lowest BCUT2D eigenvalue weighted by molar-refractivity contribution is 0.113. The largest absolute Gasteiger partial charge is 0.380 e. The van der Waals surface area contributed by atoms with Gasteiger partial charge in [0, 0.05) is 24.7 Å². The van der Waals surface area contributed by atoms with E-state index in [1.54, 1.807) is 7.11 Å². The minimum Gasteiger partial charge on any atom is -0.380 e. The Bertz CT molecular complexity index is 433. The summed E-state index contributed by atoms with van der Waals surface area (Å²) in [4.78, 5) is 8.18. The zero-order chi connectivity index (χ0) is 12.5. The van der Waals surface area contributed by atoms with Crippen LogP contribution in [0.15, 0.2) is 17.3 Å². The molecule has 2 aliphatic heterocycles. The second kappa shape index (κ2) is 4.85. The lowest BCUT2D eigenvalue weighted by atomic mass is 10.2. The summed E-state index contributed by atoms with van der Waals surface area (Å²) >= 11 is 1.53. The molecule has 0 radical (unpaired) electrons. The van der Waals surface area contributed by atoms with Gasteiger partial charge in [-0.3, -0.25) is 4.99 Å². The van der Waals surface area contributed by atoms with Gasteiger partial charge in [0.25, 0.3) is 0 Å². The Hall–Kier alpha value is -1.14. The van der Waals surface area contributed by atoms with Gasteiger partial charge in [0.15, 0.2) is 5.96 Å². The van der Waals surface area contributed by atoms with Crippen LogP contribution < -0.4 is 5.32 Å². The summed E-state index contributed by atoms with van der Waals surface area (Å²) in [5, 5.41) is 3.49. The zero-order valence-corrected chi connectivity index (χ0v) is 11.5. The highest BCUT2D eigenvalue weighted by molar-refractivity contribution is 7.05. The van der Waals surface area contributed by atoms with Crippen LogP contribution >= 0.6 is 11.5 Å². The van der Waals surface area contributed by atoms with E-state index in [1.807, 2.05) is 6.20 Å². The van der Waals surface area contributed by atoms with Crippen molar-refractivity contribution >= 4 is 17.5 Å². The fourth-order valence-electron chi connectivity index (χ4n) is 2.60. The summed E-state index contributed by atoms with van der Waals surface area (Å²) < 4.78 is 9.58. The molecule has 1 unspecified atom stereocenters. The number of methoxy groups -OCH3 is 1. The maximum atomic E-state index is 5.44. The first-order valence-electron chi connectivity index (χ1n) is 6.29. The number of hydrogen-bond donors (Lipinski definition) is 1. The third kappa shape index (κ3) is 2.10. The number of rotatable bonds is 3. The molecule has 5 nitrogen and oxygen atoms in total. The third-order valence-electron chi connectivity index (χ3n) is 3.66. The van der Waals surface area contributed by atoms with Crippen LogP contribution in [0.1, 0.15) is 24.3 Å². The zero-order valence-electron chi connectivity index (χ0n) is 10.7. The number of hydrogen-bond acceptors (Lipinski definition) is 6. The number of nitrogens with zero attached hydrogens (tertiary/aromatic N) is 3. The van der Waals surface area contributed by atoms with Crippen molar-refractivity contribution in [2.75, 3.05) is 20.2 Å². The Labute approximate surface area is 111 Å². The minimum absolute atomic E-state index is 0.261. The lowest BCUT2D eigenvalue weighted by Gasteiger charge is -2.23. The van der Waals surface area contributed by atoms with Crippen LogP contribution in [0.3, 0.4) is 0 Å². The second-order valence-electron chi connectivity index (χ2n) is 4.84. The third-order valence-corrected chi connectivity index (χ3v) is 4.59. The van der Waals surface area contributed by atoms with Crippen LogP contribution in [0.25, 0.3) is 0 Å². The molecule has 0 saturated carbocycles. The Morgan fingerprint density at radius 3 is 3.22 bits per heavy atom. The average molecular weight is 266 g/mol. The van der Waals surface area contributed by atoms with Crippen LogP contribution in [0, 0.1) is 0 Å². The summed E-state index contributed by atoms with van der Waals surface area (Å²) in [5.41, 5.74) is 0. The molecule has 6 heteroatoms. The van der Waals surface area contributed by atoms with Crippen molar-refractivity contribution in [2.45, 2.75) is 31.5 Å². The number of guanidine groups is 1. The Morgan fingerprint density at radius 2 is 2.50 bits per heavy atom. The van der Waals surface area contributed by atoms with Gasteiger partial charge in [-0.15, -0.1) is 0 Å². The summed E-state index contributed by atoms with van der Waals surface area (Å²) in [5.74, 6) is 1.01. The van der Waals surface area contributed by atoms with Crippen molar-refractivity contribution in [1.29, 1.82) is 0 Å². The highest BCUT2D eigenvalue weighted by atomic mass is 32.1. The number of ether oxygens (including phenoxy) is 1. The highest BCUT2D eigenvalue weighted by Crippen LogP contribution is 2.25. The summed E-state index contributed by atoms with van der Waals surface area (Å²) in [7, 11) is 1.79. The van der Waals surface area contributed by atoms with E-state index < -0.39 is 0 Å². The van der Waals surface area contributed by atoms with Gasteiger partial charge in [-0.1, -0.05) is 0 Å². The molecule has 1 aromatic rings. The summed E-state index contributed by atoms with van der Waals surface area (Å²) in [6.07, 6.45) is 3.27. The molecule has 1 aromatic heterocycles. The summed E-state index contributed by atoms with van der Waals surface area (Å²) in [6.45, 7) is 3.98. The van der Waals surface area contributed by atoms with Crippen molar-refractivity contribution in [3.63, 3.8) is 0 Å². The van der Waals surface area contributed by atoms with Crippen LogP contribution in [0.2, 0.25) is 0 Å². The SMILES string of the molecule is CO[C@H]1C[C@H]2CN=C(NC(C)c3ccns3)N2C1. The molecule has 2 aliphatic rings. The van der Waals surface area contributed by atoms with Gasteiger partial charge in [-0.2, -0.15) is 0 Å². The quantitative estimate of drug-likeness (QED) is 0.894. The maximum Gasteiger partial charge on any atom is 0.194 e. The van der Waals surface area contributed by atoms with Crippen LogP contribution in [-0.4, -0.2) is 47.6 Å². The topological polar surface area (TPSA) is 49.8 Å². The molecule has 3 atom stereocenters. The monoisotopic (exact) mass is 266 g/mol. The molecule has 1 saturated heterocycles. The first-order valence-corrected chi connectivity index (χ1v) is 7.06. The first kappa shape index (κ1) is 11.9. The molecule has 0 spiro atoms. The van der Waals surface area contributed by atoms with E-state index in [9.17, 15) is 0 Å². The predicted molar refractivity (Wildman–Crippen MR) is 71.9 cm³/mol. The molecule has 98 valence electrons. The lowest BCUT2D eigenvalue weighted by Crippen LogP contribution is -2.41. The van der Waals surface area contributed by atoms with Gasteiger partial charge in [0.2, 0.25) is 0 Å². The number of fused-ring (bicyclic) bond motifs is 1. The van der Waals surface area contributed by atoms with Crippen LogP contribution in [-0.2, 0) is 4.74 Å². The Morgan fingerprint density at radius 1 is 1.61 bits per heavy atom. The molecule has 0 aliphatic carbocycles. The van der Waals surface area contributed by atoms with E-state index in [2.05, 4.69) is 32.6 Å². The van der Waals surface area contributed by atoms with Gasteiger partial charge >= 0.3 is 0 Å². The van der Waals surface area contributed by atoms with Crippen molar-refractivity contribution in [3.05, 3.63) is 17.1 Å². The van der Waals surface area contributed by atoms with E-state index in [0.29, 0.717) is 12.1 Å². The van der Waals surface area contributed by atoms with Crippen molar-refractivity contribution < 1.29 is 4.74 Å². The fourth-order valence-corrected chi connectivity index (χ4v) is 3.18. The smallest absolute Gasteiger partial charge is 0.194 e. The van der Waals surface area contributed by atoms with E-state index in [-0.39, 0.29) is 6.04 Å². The van der Waals surface area contributed by atoms with Crippen molar-refractivity contribution in [2.24, 2.45) is 4.99 Å². The normalized spacial score (nSPS) is 28.1. The van der Waals surface area contributed by atoms with Gasteiger partial charge in [-0.05, 0) is 30.9 Å². The van der Waals surface area contributed by atoms with Gasteiger partial charge < -0.3 is 15.0 Å². The van der Waals surface area contributed by atoms with Crippen LogP contribution in [0.4, 0.5) is 0 Å². The molecular formula is C12H18N4OS. The van der Waals surface area contributed by atoms with E-state index in [1.165, 1.54) is 16.4 Å². The van der Waals surface area contributed by atoms with Crippen molar-refractivity contribution in [3.8, 4) is 0 Å². The molecule has 0 bridgehead atoms. The van der Waals surface area contributed by atoms with E-state index >= 15 is 0 Å². The molecule has 18 heavy (non-hydrogen) atoms. The maximum absolute atomic E-state index is 5.44. The molecule has 3 heterocycles. The predicted octanol–water partition coefficient (Wildman–Crippen LogP) is 1.25. The molecule has 0 aromatic carbocycles. The molecule has 1 fully saturated rings. The summed E-state index contributed by atoms with van der Waals surface area (Å²) in [6, 6.07) is 2.83. The number of aliphatic imine (C=N–C) groups is 1. The Kier molecular flexibility index (Phi) is 3.22. The van der Waals surface area contributed by atoms with Crippen molar-refractivity contribution in [1.82, 2.24) is 14.6 Å². The van der Waals surface area contributed by atoms with Gasteiger partial charge in [0.1, 0.15) is 0 Å². The fraction of sp³-hybridized carbons (Fsp3) is 0.667. The van der Waals surface area contributed by atoms with Gasteiger partial charge in [0.05, 0.1) is 24.7 Å².